The Morgan fingerprint density at radius 3 is 3.00 bits per heavy atom. The molecule has 0 radical (unpaired) electrons. The molecule has 1 atom stereocenters. The van der Waals surface area contributed by atoms with Crippen molar-refractivity contribution in [2.45, 2.75) is 18.9 Å². The molecule has 3 heteroatoms. The third-order valence-electron chi connectivity index (χ3n) is 3.10. The number of fused-ring (bicyclic) bond motifs is 1. The smallest absolute Gasteiger partial charge is 0.119 e. The standard InChI is InChI=1S/C13H19NO2/c1-14-13-6-3-10-9-11(4-5-12(10)13)16-8-7-15-2/h4-5,9,13-14H,3,6-8H2,1-2H3. The number of hydrogen-bond donors (Lipinski definition) is 1. The first-order chi connectivity index (χ1) is 7.85. The first-order valence-corrected chi connectivity index (χ1v) is 5.77. The van der Waals surface area contributed by atoms with Crippen LogP contribution in [0.2, 0.25) is 0 Å². The van der Waals surface area contributed by atoms with Gasteiger partial charge in [0.2, 0.25) is 0 Å². The second-order valence-corrected chi connectivity index (χ2v) is 4.08. The molecule has 0 amide bonds. The Morgan fingerprint density at radius 1 is 1.38 bits per heavy atom. The Bertz CT molecular complexity index is 352. The van der Waals surface area contributed by atoms with E-state index in [0.29, 0.717) is 19.3 Å². The van der Waals surface area contributed by atoms with Gasteiger partial charge in [0.05, 0.1) is 6.61 Å². The molecule has 0 bridgehead atoms. The molecule has 1 aromatic carbocycles. The summed E-state index contributed by atoms with van der Waals surface area (Å²) in [6.07, 6.45) is 2.33. The molecule has 3 nitrogen and oxygen atoms in total. The van der Waals surface area contributed by atoms with Gasteiger partial charge in [-0.3, -0.25) is 0 Å². The van der Waals surface area contributed by atoms with Crippen LogP contribution in [0.3, 0.4) is 0 Å². The van der Waals surface area contributed by atoms with E-state index < -0.39 is 0 Å². The summed E-state index contributed by atoms with van der Waals surface area (Å²) in [5, 5.41) is 3.33. The molecule has 0 saturated carbocycles. The minimum absolute atomic E-state index is 0.517. The maximum Gasteiger partial charge on any atom is 0.119 e. The fourth-order valence-electron chi connectivity index (χ4n) is 2.23. The van der Waals surface area contributed by atoms with E-state index in [2.05, 4.69) is 17.4 Å². The van der Waals surface area contributed by atoms with Gasteiger partial charge in [0.15, 0.2) is 0 Å². The average Bonchev–Trinajstić information content (AvgIpc) is 2.71. The molecule has 0 spiro atoms. The van der Waals surface area contributed by atoms with Gasteiger partial charge in [-0.15, -0.1) is 0 Å². The number of benzene rings is 1. The highest BCUT2D eigenvalue weighted by molar-refractivity contribution is 5.40. The third-order valence-corrected chi connectivity index (χ3v) is 3.10. The maximum absolute atomic E-state index is 5.60. The monoisotopic (exact) mass is 221 g/mol. The number of rotatable bonds is 5. The van der Waals surface area contributed by atoms with Crippen molar-refractivity contribution in [3.8, 4) is 5.75 Å². The van der Waals surface area contributed by atoms with Crippen LogP contribution in [0, 0.1) is 0 Å². The lowest BCUT2D eigenvalue weighted by Crippen LogP contribution is -2.12. The summed E-state index contributed by atoms with van der Waals surface area (Å²) in [6.45, 7) is 1.25. The summed E-state index contributed by atoms with van der Waals surface area (Å²) < 4.78 is 10.6. The summed E-state index contributed by atoms with van der Waals surface area (Å²) >= 11 is 0. The van der Waals surface area contributed by atoms with Crippen LogP contribution >= 0.6 is 0 Å². The van der Waals surface area contributed by atoms with Crippen molar-refractivity contribution in [1.82, 2.24) is 5.32 Å². The number of methoxy groups -OCH3 is 1. The van der Waals surface area contributed by atoms with Gasteiger partial charge >= 0.3 is 0 Å². The first-order valence-electron chi connectivity index (χ1n) is 5.77. The van der Waals surface area contributed by atoms with Crippen molar-refractivity contribution in [2.24, 2.45) is 0 Å². The summed E-state index contributed by atoms with van der Waals surface area (Å²) in [6, 6.07) is 6.89. The van der Waals surface area contributed by atoms with Crippen LogP contribution in [0.4, 0.5) is 0 Å². The Labute approximate surface area is 96.8 Å². The maximum atomic E-state index is 5.60. The zero-order valence-corrected chi connectivity index (χ0v) is 9.95. The molecule has 1 N–H and O–H groups in total. The normalized spacial score (nSPS) is 18.5. The van der Waals surface area contributed by atoms with Crippen molar-refractivity contribution in [1.29, 1.82) is 0 Å². The number of ether oxygens (including phenoxy) is 2. The third kappa shape index (κ3) is 2.36. The summed E-state index contributed by atoms with van der Waals surface area (Å²) in [5.41, 5.74) is 2.83. The van der Waals surface area contributed by atoms with Crippen molar-refractivity contribution in [2.75, 3.05) is 27.4 Å². The lowest BCUT2D eigenvalue weighted by Gasteiger charge is -2.11. The van der Waals surface area contributed by atoms with Crippen molar-refractivity contribution >= 4 is 0 Å². The molecule has 2 rings (SSSR count). The molecule has 16 heavy (non-hydrogen) atoms. The highest BCUT2D eigenvalue weighted by atomic mass is 16.5. The van der Waals surface area contributed by atoms with Gasteiger partial charge in [0.1, 0.15) is 12.4 Å². The molecule has 0 fully saturated rings. The lowest BCUT2D eigenvalue weighted by molar-refractivity contribution is 0.146. The first kappa shape index (κ1) is 11.4. The Kier molecular flexibility index (Phi) is 3.80. The van der Waals surface area contributed by atoms with Crippen LogP contribution in [-0.4, -0.2) is 27.4 Å². The highest BCUT2D eigenvalue weighted by Gasteiger charge is 2.20. The number of hydrogen-bond acceptors (Lipinski definition) is 3. The van der Waals surface area contributed by atoms with Crippen molar-refractivity contribution in [3.63, 3.8) is 0 Å². The minimum Gasteiger partial charge on any atom is -0.491 e. The van der Waals surface area contributed by atoms with Crippen LogP contribution in [0.1, 0.15) is 23.6 Å². The molecule has 1 aliphatic carbocycles. The Morgan fingerprint density at radius 2 is 2.25 bits per heavy atom. The van der Waals surface area contributed by atoms with Gasteiger partial charge in [-0.05, 0) is 43.1 Å². The summed E-state index contributed by atoms with van der Waals surface area (Å²) in [5.74, 6) is 0.951. The molecule has 0 aromatic heterocycles. The molecule has 88 valence electrons. The quantitative estimate of drug-likeness (QED) is 0.771. The van der Waals surface area contributed by atoms with E-state index in [1.165, 1.54) is 17.5 Å². The second-order valence-electron chi connectivity index (χ2n) is 4.08. The van der Waals surface area contributed by atoms with Gasteiger partial charge in [-0.25, -0.2) is 0 Å². The van der Waals surface area contributed by atoms with E-state index in [9.17, 15) is 0 Å². The van der Waals surface area contributed by atoms with Gasteiger partial charge in [0.25, 0.3) is 0 Å². The molecule has 1 aliphatic rings. The fraction of sp³-hybridized carbons (Fsp3) is 0.538. The molecule has 1 aromatic rings. The van der Waals surface area contributed by atoms with Crippen LogP contribution < -0.4 is 10.1 Å². The van der Waals surface area contributed by atoms with E-state index in [4.69, 9.17) is 9.47 Å². The zero-order chi connectivity index (χ0) is 11.4. The molecule has 0 heterocycles. The Balaban J connectivity index is 2.03. The largest absolute Gasteiger partial charge is 0.491 e. The van der Waals surface area contributed by atoms with E-state index in [1.807, 2.05) is 13.1 Å². The fourth-order valence-corrected chi connectivity index (χ4v) is 2.23. The predicted molar refractivity (Wildman–Crippen MR) is 63.9 cm³/mol. The zero-order valence-electron chi connectivity index (χ0n) is 9.95. The average molecular weight is 221 g/mol. The number of nitrogens with one attached hydrogen (secondary N) is 1. The molecule has 0 aliphatic heterocycles. The van der Waals surface area contributed by atoms with Crippen LogP contribution in [0.15, 0.2) is 18.2 Å². The summed E-state index contributed by atoms with van der Waals surface area (Å²) in [4.78, 5) is 0. The van der Waals surface area contributed by atoms with Crippen molar-refractivity contribution < 1.29 is 9.47 Å². The molecule has 1 unspecified atom stereocenters. The van der Waals surface area contributed by atoms with E-state index in [1.54, 1.807) is 7.11 Å². The minimum atomic E-state index is 0.517. The number of aryl methyl sites for hydroxylation is 1. The van der Waals surface area contributed by atoms with Crippen LogP contribution in [0.5, 0.6) is 5.75 Å². The van der Waals surface area contributed by atoms with E-state index in [0.717, 1.165) is 12.2 Å². The topological polar surface area (TPSA) is 30.5 Å². The summed E-state index contributed by atoms with van der Waals surface area (Å²) in [7, 11) is 3.70. The predicted octanol–water partition coefficient (Wildman–Crippen LogP) is 1.92. The van der Waals surface area contributed by atoms with Crippen LogP contribution in [0.25, 0.3) is 0 Å². The highest BCUT2D eigenvalue weighted by Crippen LogP contribution is 2.33. The van der Waals surface area contributed by atoms with Crippen molar-refractivity contribution in [3.05, 3.63) is 29.3 Å². The van der Waals surface area contributed by atoms with Gasteiger partial charge < -0.3 is 14.8 Å². The van der Waals surface area contributed by atoms with Gasteiger partial charge in [-0.1, -0.05) is 6.07 Å². The lowest BCUT2D eigenvalue weighted by atomic mass is 10.1. The van der Waals surface area contributed by atoms with Gasteiger partial charge in [0, 0.05) is 13.2 Å². The second kappa shape index (κ2) is 5.32. The molecular formula is C13H19NO2. The molecule has 0 saturated heterocycles. The van der Waals surface area contributed by atoms with E-state index in [-0.39, 0.29) is 0 Å². The van der Waals surface area contributed by atoms with E-state index >= 15 is 0 Å². The molecular weight excluding hydrogens is 202 g/mol. The SMILES string of the molecule is CNC1CCc2cc(OCCOC)ccc21. The van der Waals surface area contributed by atoms with Crippen LogP contribution in [-0.2, 0) is 11.2 Å². The van der Waals surface area contributed by atoms with Gasteiger partial charge in [-0.2, -0.15) is 0 Å². The Hall–Kier alpha value is -1.06.